The average Bonchev–Trinajstić information content (AvgIpc) is 3.12. The maximum Gasteiger partial charge on any atom is 0.160 e. The fourth-order valence-corrected chi connectivity index (χ4v) is 2.80. The number of aromatic nitrogens is 3. The summed E-state index contributed by atoms with van der Waals surface area (Å²) in [5.74, 6) is 1.82. The van der Waals surface area contributed by atoms with Gasteiger partial charge in [-0.2, -0.15) is 5.10 Å². The molecule has 3 N–H and O–H groups in total. The molecular weight excluding hydrogens is 320 g/mol. The quantitative estimate of drug-likeness (QED) is 0.527. The Labute approximate surface area is 143 Å². The van der Waals surface area contributed by atoms with Crippen molar-refractivity contribution in [2.45, 2.75) is 0 Å². The minimum atomic E-state index is 0.0521. The zero-order valence-electron chi connectivity index (χ0n) is 13.7. The normalized spacial score (nSPS) is 11.0. The monoisotopic (exact) mass is 336 g/mol. The number of fused-ring (bicyclic) bond motifs is 3. The second-order valence-electron chi connectivity index (χ2n) is 5.50. The van der Waals surface area contributed by atoms with Crippen molar-refractivity contribution >= 4 is 33.3 Å². The Morgan fingerprint density at radius 1 is 1.04 bits per heavy atom. The van der Waals surface area contributed by atoms with Crippen LogP contribution in [-0.2, 0) is 0 Å². The number of pyridine rings is 1. The zero-order chi connectivity index (χ0) is 17.4. The van der Waals surface area contributed by atoms with Crippen LogP contribution in [0.5, 0.6) is 17.2 Å². The molecule has 0 bridgehead atoms. The number of nitrogens with one attached hydrogen (secondary N) is 2. The van der Waals surface area contributed by atoms with Crippen molar-refractivity contribution in [1.82, 2.24) is 15.2 Å². The lowest BCUT2D eigenvalue weighted by molar-refractivity contribution is 0.373. The molecule has 2 aromatic carbocycles. The van der Waals surface area contributed by atoms with Crippen molar-refractivity contribution in [3.63, 3.8) is 0 Å². The highest BCUT2D eigenvalue weighted by Gasteiger charge is 2.12. The molecule has 7 nitrogen and oxygen atoms in total. The average molecular weight is 336 g/mol. The number of hydrogen-bond acceptors (Lipinski definition) is 6. The van der Waals surface area contributed by atoms with Gasteiger partial charge in [0.15, 0.2) is 17.3 Å². The number of aromatic hydroxyl groups is 1. The number of H-pyrrole nitrogens is 1. The van der Waals surface area contributed by atoms with E-state index in [1.807, 2.05) is 24.4 Å². The van der Waals surface area contributed by atoms with Gasteiger partial charge in [-0.3, -0.25) is 5.10 Å². The predicted octanol–water partition coefficient (Wildman–Crippen LogP) is 3.58. The Balaban J connectivity index is 1.83. The molecule has 0 aliphatic heterocycles. The lowest BCUT2D eigenvalue weighted by Crippen LogP contribution is -1.96. The van der Waals surface area contributed by atoms with Crippen LogP contribution in [0.2, 0.25) is 0 Å². The highest BCUT2D eigenvalue weighted by Crippen LogP contribution is 2.34. The van der Waals surface area contributed by atoms with Crippen molar-refractivity contribution in [1.29, 1.82) is 0 Å². The SMILES string of the molecule is COc1ccc2nc(Nc3ccc(OC)c(O)c3)c3n[nH]cc3c2c1. The van der Waals surface area contributed by atoms with Crippen LogP contribution < -0.4 is 14.8 Å². The van der Waals surface area contributed by atoms with Crippen LogP contribution in [0, 0.1) is 0 Å². The van der Waals surface area contributed by atoms with Gasteiger partial charge in [-0.1, -0.05) is 0 Å². The molecule has 126 valence electrons. The van der Waals surface area contributed by atoms with E-state index in [1.54, 1.807) is 25.3 Å². The van der Waals surface area contributed by atoms with Crippen LogP contribution in [-0.4, -0.2) is 34.5 Å². The molecule has 2 heterocycles. The van der Waals surface area contributed by atoms with Gasteiger partial charge in [0.25, 0.3) is 0 Å². The lowest BCUT2D eigenvalue weighted by atomic mass is 10.1. The summed E-state index contributed by atoms with van der Waals surface area (Å²) in [6, 6.07) is 10.8. The van der Waals surface area contributed by atoms with Crippen LogP contribution in [0.3, 0.4) is 0 Å². The molecule has 0 aliphatic carbocycles. The summed E-state index contributed by atoms with van der Waals surface area (Å²) >= 11 is 0. The van der Waals surface area contributed by atoms with Gasteiger partial charge in [0.05, 0.1) is 19.7 Å². The van der Waals surface area contributed by atoms with Crippen LogP contribution in [0.4, 0.5) is 11.5 Å². The van der Waals surface area contributed by atoms with Gasteiger partial charge in [0.1, 0.15) is 11.3 Å². The van der Waals surface area contributed by atoms with Crippen molar-refractivity contribution < 1.29 is 14.6 Å². The summed E-state index contributed by atoms with van der Waals surface area (Å²) in [4.78, 5) is 4.66. The lowest BCUT2D eigenvalue weighted by Gasteiger charge is -2.10. The summed E-state index contributed by atoms with van der Waals surface area (Å²) in [6.07, 6.45) is 1.83. The Bertz CT molecular complexity index is 1070. The molecule has 0 amide bonds. The number of benzene rings is 2. The van der Waals surface area contributed by atoms with Crippen molar-refractivity contribution in [2.75, 3.05) is 19.5 Å². The standard InChI is InChI=1S/C18H16N4O3/c1-24-11-4-5-14-12(8-11)13-9-19-22-17(13)18(21-14)20-10-3-6-16(25-2)15(23)7-10/h3-9,23H,1-2H3,(H,19,22)(H,20,21). The fourth-order valence-electron chi connectivity index (χ4n) is 2.80. The Kier molecular flexibility index (Phi) is 3.53. The third kappa shape index (κ3) is 2.55. The second kappa shape index (κ2) is 5.86. The first kappa shape index (κ1) is 15.1. The van der Waals surface area contributed by atoms with E-state index in [0.29, 0.717) is 22.8 Å². The molecule has 2 aromatic heterocycles. The molecule has 0 spiro atoms. The summed E-state index contributed by atoms with van der Waals surface area (Å²) in [5, 5.41) is 22.2. The Morgan fingerprint density at radius 2 is 1.92 bits per heavy atom. The molecule has 0 radical (unpaired) electrons. The minimum Gasteiger partial charge on any atom is -0.504 e. The molecule has 0 fully saturated rings. The number of phenols is 1. The third-order valence-corrected chi connectivity index (χ3v) is 4.03. The van der Waals surface area contributed by atoms with Crippen LogP contribution in [0.1, 0.15) is 0 Å². The largest absolute Gasteiger partial charge is 0.504 e. The van der Waals surface area contributed by atoms with Gasteiger partial charge >= 0.3 is 0 Å². The van der Waals surface area contributed by atoms with E-state index < -0.39 is 0 Å². The molecule has 0 aliphatic rings. The summed E-state index contributed by atoms with van der Waals surface area (Å²) in [6.45, 7) is 0. The van der Waals surface area contributed by atoms with Gasteiger partial charge in [-0.25, -0.2) is 4.98 Å². The smallest absolute Gasteiger partial charge is 0.160 e. The number of ether oxygens (including phenoxy) is 2. The highest BCUT2D eigenvalue weighted by atomic mass is 16.5. The topological polar surface area (TPSA) is 92.3 Å². The van der Waals surface area contributed by atoms with Crippen molar-refractivity contribution in [3.05, 3.63) is 42.6 Å². The van der Waals surface area contributed by atoms with Crippen LogP contribution in [0.25, 0.3) is 21.8 Å². The number of nitrogens with zero attached hydrogens (tertiary/aromatic N) is 2. The molecule has 0 saturated heterocycles. The minimum absolute atomic E-state index is 0.0521. The van der Waals surface area contributed by atoms with Crippen molar-refractivity contribution in [2.24, 2.45) is 0 Å². The maximum atomic E-state index is 9.95. The van der Waals surface area contributed by atoms with E-state index in [1.165, 1.54) is 7.11 Å². The fraction of sp³-hybridized carbons (Fsp3) is 0.111. The Hall–Kier alpha value is -3.48. The summed E-state index contributed by atoms with van der Waals surface area (Å²) in [5.41, 5.74) is 2.20. The van der Waals surface area contributed by atoms with Crippen molar-refractivity contribution in [3.8, 4) is 17.2 Å². The molecule has 25 heavy (non-hydrogen) atoms. The van der Waals surface area contributed by atoms with Gasteiger partial charge in [0.2, 0.25) is 0 Å². The number of phenolic OH excluding ortho intramolecular Hbond substituents is 1. The molecular formula is C18H16N4O3. The predicted molar refractivity (Wildman–Crippen MR) is 95.9 cm³/mol. The molecule has 0 unspecified atom stereocenters. The van der Waals surface area contributed by atoms with E-state index >= 15 is 0 Å². The van der Waals surface area contributed by atoms with Gasteiger partial charge < -0.3 is 19.9 Å². The number of rotatable bonds is 4. The molecule has 4 aromatic rings. The summed E-state index contributed by atoms with van der Waals surface area (Å²) in [7, 11) is 3.14. The number of anilines is 2. The second-order valence-corrected chi connectivity index (χ2v) is 5.50. The number of methoxy groups -OCH3 is 2. The molecule has 0 atom stereocenters. The van der Waals surface area contributed by atoms with Gasteiger partial charge in [-0.15, -0.1) is 0 Å². The van der Waals surface area contributed by atoms with E-state index in [-0.39, 0.29) is 5.75 Å². The van der Waals surface area contributed by atoms with Gasteiger partial charge in [0, 0.05) is 28.7 Å². The van der Waals surface area contributed by atoms with Crippen LogP contribution in [0.15, 0.2) is 42.6 Å². The molecule has 0 saturated carbocycles. The first-order valence-corrected chi connectivity index (χ1v) is 7.65. The number of hydrogen-bond donors (Lipinski definition) is 3. The maximum absolute atomic E-state index is 9.95. The highest BCUT2D eigenvalue weighted by molar-refractivity contribution is 6.09. The van der Waals surface area contributed by atoms with E-state index in [0.717, 1.165) is 22.0 Å². The van der Waals surface area contributed by atoms with E-state index in [9.17, 15) is 5.11 Å². The number of aromatic amines is 1. The summed E-state index contributed by atoms with van der Waals surface area (Å²) < 4.78 is 10.4. The first-order valence-electron chi connectivity index (χ1n) is 7.65. The van der Waals surface area contributed by atoms with E-state index in [4.69, 9.17) is 9.47 Å². The molecule has 7 heteroatoms. The molecule has 4 rings (SSSR count). The van der Waals surface area contributed by atoms with Gasteiger partial charge in [-0.05, 0) is 30.3 Å². The Morgan fingerprint density at radius 3 is 2.68 bits per heavy atom. The third-order valence-electron chi connectivity index (χ3n) is 4.03. The zero-order valence-corrected chi connectivity index (χ0v) is 13.7. The van der Waals surface area contributed by atoms with E-state index in [2.05, 4.69) is 20.5 Å². The van der Waals surface area contributed by atoms with Crippen LogP contribution >= 0.6 is 0 Å². The first-order chi connectivity index (χ1) is 12.2.